The van der Waals surface area contributed by atoms with Crippen LogP contribution < -0.4 is 5.73 Å². The van der Waals surface area contributed by atoms with E-state index < -0.39 is 52.2 Å². The maximum absolute atomic E-state index is 13.8. The van der Waals surface area contributed by atoms with Crippen molar-refractivity contribution in [3.8, 4) is 22.8 Å². The number of hydrogen-bond acceptors (Lipinski definition) is 4. The number of alkyl halides is 6. The van der Waals surface area contributed by atoms with Gasteiger partial charge >= 0.3 is 12.4 Å². The summed E-state index contributed by atoms with van der Waals surface area (Å²) in [7, 11) is 0. The zero-order valence-electron chi connectivity index (χ0n) is 18.0. The number of rotatable bonds is 5. The van der Waals surface area contributed by atoms with Gasteiger partial charge in [0.25, 0.3) is 5.91 Å². The van der Waals surface area contributed by atoms with Crippen molar-refractivity contribution in [3.63, 3.8) is 0 Å². The lowest BCUT2D eigenvalue weighted by molar-refractivity contribution is -0.137. The van der Waals surface area contributed by atoms with Crippen molar-refractivity contribution >= 4 is 17.7 Å². The molecule has 1 amide bonds. The number of nitrogens with zero attached hydrogens (tertiary/aromatic N) is 4. The Bertz CT molecular complexity index is 1440. The van der Waals surface area contributed by atoms with Crippen LogP contribution in [0.15, 0.2) is 73.1 Å². The largest absolute Gasteiger partial charge is 0.417 e. The third kappa shape index (κ3) is 4.97. The minimum atomic E-state index is -4.81. The summed E-state index contributed by atoms with van der Waals surface area (Å²) in [5.41, 5.74) is 2.50. The molecule has 2 N–H and O–H groups in total. The van der Waals surface area contributed by atoms with Gasteiger partial charge < -0.3 is 5.73 Å². The molecule has 0 aliphatic carbocycles. The van der Waals surface area contributed by atoms with Gasteiger partial charge in [0, 0.05) is 29.7 Å². The van der Waals surface area contributed by atoms with Gasteiger partial charge in [-0.05, 0) is 29.8 Å². The second-order valence-corrected chi connectivity index (χ2v) is 7.43. The lowest BCUT2D eigenvalue weighted by Crippen LogP contribution is -2.14. The van der Waals surface area contributed by atoms with E-state index in [9.17, 15) is 31.1 Å². The van der Waals surface area contributed by atoms with Gasteiger partial charge in [-0.25, -0.2) is 9.67 Å². The molecule has 12 heteroatoms. The highest BCUT2D eigenvalue weighted by atomic mass is 19.4. The van der Waals surface area contributed by atoms with Crippen LogP contribution in [0.5, 0.6) is 0 Å². The van der Waals surface area contributed by atoms with Gasteiger partial charge in [0.2, 0.25) is 0 Å². The summed E-state index contributed by atoms with van der Waals surface area (Å²) in [6, 6.07) is 11.6. The Morgan fingerprint density at radius 2 is 1.33 bits per heavy atom. The van der Waals surface area contributed by atoms with Gasteiger partial charge in [-0.15, -0.1) is 5.10 Å². The molecule has 36 heavy (non-hydrogen) atoms. The summed E-state index contributed by atoms with van der Waals surface area (Å²) in [6.45, 7) is 0. The number of hydrogen-bond donors (Lipinski definition) is 1. The van der Waals surface area contributed by atoms with Crippen molar-refractivity contribution < 1.29 is 31.1 Å². The maximum atomic E-state index is 13.8. The molecule has 0 spiro atoms. The predicted octanol–water partition coefficient (Wildman–Crippen LogP) is 5.53. The SMILES string of the molecule is NC(=O)C(=Cn1nc(-c2ccccc2C(F)(F)F)nc1-c1ccccc1C(F)(F)F)c1ccncc1. The summed E-state index contributed by atoms with van der Waals surface area (Å²) in [6.07, 6.45) is -5.85. The van der Waals surface area contributed by atoms with Crippen LogP contribution in [0, 0.1) is 0 Å². The number of aromatic nitrogens is 4. The van der Waals surface area contributed by atoms with E-state index in [0.717, 1.165) is 47.3 Å². The molecule has 0 saturated heterocycles. The van der Waals surface area contributed by atoms with Gasteiger partial charge in [-0.3, -0.25) is 9.78 Å². The van der Waals surface area contributed by atoms with Crippen molar-refractivity contribution in [1.82, 2.24) is 19.7 Å². The molecule has 0 atom stereocenters. The van der Waals surface area contributed by atoms with Crippen LogP contribution in [0.1, 0.15) is 16.7 Å². The molecule has 2 aromatic carbocycles. The van der Waals surface area contributed by atoms with Crippen molar-refractivity contribution in [2.75, 3.05) is 0 Å². The van der Waals surface area contributed by atoms with Gasteiger partial charge in [-0.2, -0.15) is 26.3 Å². The summed E-state index contributed by atoms with van der Waals surface area (Å²) in [5.74, 6) is -1.89. The van der Waals surface area contributed by atoms with Crippen LogP contribution in [0.2, 0.25) is 0 Å². The first-order valence-electron chi connectivity index (χ1n) is 10.2. The fourth-order valence-electron chi connectivity index (χ4n) is 3.50. The van der Waals surface area contributed by atoms with Crippen LogP contribution in [0.4, 0.5) is 26.3 Å². The molecular weight excluding hydrogens is 488 g/mol. The molecule has 6 nitrogen and oxygen atoms in total. The highest BCUT2D eigenvalue weighted by Crippen LogP contribution is 2.39. The smallest absolute Gasteiger partial charge is 0.366 e. The predicted molar refractivity (Wildman–Crippen MR) is 118 cm³/mol. The summed E-state index contributed by atoms with van der Waals surface area (Å²) < 4.78 is 83.0. The summed E-state index contributed by atoms with van der Waals surface area (Å²) in [5, 5.41) is 4.04. The number of benzene rings is 2. The second kappa shape index (κ2) is 9.29. The van der Waals surface area contributed by atoms with E-state index in [-0.39, 0.29) is 11.1 Å². The van der Waals surface area contributed by atoms with Crippen molar-refractivity contribution in [1.29, 1.82) is 0 Å². The number of amides is 1. The number of nitrogens with two attached hydrogens (primary N) is 1. The van der Waals surface area contributed by atoms with Crippen molar-refractivity contribution in [2.45, 2.75) is 12.4 Å². The molecule has 4 rings (SSSR count). The molecule has 0 saturated carbocycles. The van der Waals surface area contributed by atoms with Crippen LogP contribution >= 0.6 is 0 Å². The van der Waals surface area contributed by atoms with Gasteiger partial charge in [0.05, 0.1) is 16.7 Å². The molecule has 0 fully saturated rings. The zero-order chi connectivity index (χ0) is 26.1. The van der Waals surface area contributed by atoms with Gasteiger partial charge in [0.1, 0.15) is 0 Å². The fourth-order valence-corrected chi connectivity index (χ4v) is 3.50. The number of carbonyl (C=O) groups excluding carboxylic acids is 1. The van der Waals surface area contributed by atoms with E-state index in [0.29, 0.717) is 0 Å². The summed E-state index contributed by atoms with van der Waals surface area (Å²) in [4.78, 5) is 20.1. The van der Waals surface area contributed by atoms with E-state index in [4.69, 9.17) is 5.73 Å². The van der Waals surface area contributed by atoms with Crippen LogP contribution in [-0.2, 0) is 17.1 Å². The molecule has 2 aromatic heterocycles. The number of carbonyl (C=O) groups is 1. The highest BCUT2D eigenvalue weighted by molar-refractivity contribution is 6.22. The topological polar surface area (TPSA) is 86.7 Å². The standard InChI is InChI=1S/C24H15F6N5O/c25-23(26,27)18-7-3-1-5-15(18)21-33-22(16-6-2-4-8-19(16)24(28,29)30)35(34-21)13-17(20(31)36)14-9-11-32-12-10-14/h1-13H,(H2,31,36). The molecular formula is C24H15F6N5O. The van der Waals surface area contributed by atoms with E-state index >= 15 is 0 Å². The molecule has 0 aliphatic rings. The molecule has 0 aliphatic heterocycles. The summed E-state index contributed by atoms with van der Waals surface area (Å²) >= 11 is 0. The number of pyridine rings is 1. The molecule has 4 aromatic rings. The number of primary amides is 1. The number of halogens is 6. The minimum Gasteiger partial charge on any atom is -0.366 e. The average Bonchev–Trinajstić information content (AvgIpc) is 3.25. The fraction of sp³-hybridized carbons (Fsp3) is 0.0833. The third-order valence-corrected chi connectivity index (χ3v) is 5.09. The normalized spacial score (nSPS) is 12.6. The van der Waals surface area contributed by atoms with E-state index in [1.807, 2.05) is 0 Å². The van der Waals surface area contributed by atoms with Gasteiger partial charge in [-0.1, -0.05) is 36.4 Å². The van der Waals surface area contributed by atoms with E-state index in [1.165, 1.54) is 36.7 Å². The first-order chi connectivity index (χ1) is 17.0. The lowest BCUT2D eigenvalue weighted by atomic mass is 10.1. The third-order valence-electron chi connectivity index (χ3n) is 5.09. The van der Waals surface area contributed by atoms with Crippen LogP contribution in [0.25, 0.3) is 34.5 Å². The first-order valence-corrected chi connectivity index (χ1v) is 10.2. The molecule has 0 unspecified atom stereocenters. The minimum absolute atomic E-state index is 0.177. The first kappa shape index (κ1) is 24.6. The molecule has 0 radical (unpaired) electrons. The lowest BCUT2D eigenvalue weighted by Gasteiger charge is -2.12. The Balaban J connectivity index is 2.02. The van der Waals surface area contributed by atoms with E-state index in [1.54, 1.807) is 0 Å². The monoisotopic (exact) mass is 503 g/mol. The van der Waals surface area contributed by atoms with E-state index in [2.05, 4.69) is 15.1 Å². The van der Waals surface area contributed by atoms with Crippen molar-refractivity contribution in [3.05, 3.63) is 89.7 Å². The maximum Gasteiger partial charge on any atom is 0.417 e. The quantitative estimate of drug-likeness (QED) is 0.287. The Morgan fingerprint density at radius 1 is 0.806 bits per heavy atom. The Morgan fingerprint density at radius 3 is 1.89 bits per heavy atom. The van der Waals surface area contributed by atoms with Crippen LogP contribution in [-0.4, -0.2) is 25.7 Å². The Kier molecular flexibility index (Phi) is 6.35. The highest BCUT2D eigenvalue weighted by Gasteiger charge is 2.37. The molecule has 2 heterocycles. The van der Waals surface area contributed by atoms with Gasteiger partial charge in [0.15, 0.2) is 11.6 Å². The second-order valence-electron chi connectivity index (χ2n) is 7.43. The zero-order valence-corrected chi connectivity index (χ0v) is 18.0. The Labute approximate surface area is 199 Å². The average molecular weight is 503 g/mol. The van der Waals surface area contributed by atoms with Crippen molar-refractivity contribution in [2.24, 2.45) is 5.73 Å². The molecule has 0 bridgehead atoms. The Hall–Kier alpha value is -4.48. The van der Waals surface area contributed by atoms with Crippen LogP contribution in [0.3, 0.4) is 0 Å². The molecule has 184 valence electrons.